The first-order chi connectivity index (χ1) is 13.0. The molecule has 1 aromatic carbocycles. The van der Waals surface area contributed by atoms with Crippen LogP contribution in [0.25, 0.3) is 0 Å². The number of nitrogens with two attached hydrogens (primary N) is 1. The lowest BCUT2D eigenvalue weighted by molar-refractivity contribution is -0.139. The Hall–Kier alpha value is -2.94. The van der Waals surface area contributed by atoms with E-state index in [4.69, 9.17) is 19.9 Å². The third-order valence-corrected chi connectivity index (χ3v) is 4.92. The Kier molecular flexibility index (Phi) is 5.70. The van der Waals surface area contributed by atoms with E-state index in [-0.39, 0.29) is 24.2 Å². The van der Waals surface area contributed by atoms with Gasteiger partial charge in [-0.05, 0) is 57.2 Å². The van der Waals surface area contributed by atoms with Gasteiger partial charge >= 0.3 is 5.97 Å². The maximum absolute atomic E-state index is 12.5. The molecule has 6 heteroatoms. The first-order valence-electron chi connectivity index (χ1n) is 9.27. The summed E-state index contributed by atoms with van der Waals surface area (Å²) in [6.07, 6.45) is 4.82. The number of carbonyl (C=O) groups is 1. The smallest absolute Gasteiger partial charge is 0.338 e. The van der Waals surface area contributed by atoms with Crippen molar-refractivity contribution in [2.75, 3.05) is 6.61 Å². The van der Waals surface area contributed by atoms with E-state index >= 15 is 0 Å². The largest absolute Gasteiger partial charge is 0.490 e. The van der Waals surface area contributed by atoms with Crippen molar-refractivity contribution >= 4 is 5.97 Å². The van der Waals surface area contributed by atoms with Crippen LogP contribution in [0.1, 0.15) is 51.0 Å². The molecule has 1 fully saturated rings. The highest BCUT2D eigenvalue weighted by Crippen LogP contribution is 2.40. The van der Waals surface area contributed by atoms with Gasteiger partial charge in [-0.3, -0.25) is 0 Å². The summed E-state index contributed by atoms with van der Waals surface area (Å²) in [5.74, 6) is 0.0157. The van der Waals surface area contributed by atoms with Crippen molar-refractivity contribution in [2.45, 2.75) is 51.6 Å². The van der Waals surface area contributed by atoms with Crippen LogP contribution in [-0.4, -0.2) is 18.7 Å². The molecule has 0 amide bonds. The van der Waals surface area contributed by atoms with Gasteiger partial charge in [-0.1, -0.05) is 12.1 Å². The van der Waals surface area contributed by atoms with Gasteiger partial charge < -0.3 is 19.9 Å². The van der Waals surface area contributed by atoms with Crippen molar-refractivity contribution in [3.05, 3.63) is 52.6 Å². The summed E-state index contributed by atoms with van der Waals surface area (Å²) >= 11 is 0. The molecule has 0 radical (unpaired) electrons. The van der Waals surface area contributed by atoms with Gasteiger partial charge in [0.05, 0.1) is 24.2 Å². The molecule has 1 unspecified atom stereocenters. The lowest BCUT2D eigenvalue weighted by Crippen LogP contribution is -2.25. The molecule has 142 valence electrons. The van der Waals surface area contributed by atoms with Gasteiger partial charge in [-0.2, -0.15) is 5.26 Å². The van der Waals surface area contributed by atoms with Crippen molar-refractivity contribution in [3.8, 4) is 11.8 Å². The van der Waals surface area contributed by atoms with Crippen molar-refractivity contribution < 1.29 is 19.0 Å². The highest BCUT2D eigenvalue weighted by molar-refractivity contribution is 5.92. The van der Waals surface area contributed by atoms with E-state index < -0.39 is 11.9 Å². The average molecular weight is 368 g/mol. The van der Waals surface area contributed by atoms with Gasteiger partial charge in [0.15, 0.2) is 0 Å². The predicted molar refractivity (Wildman–Crippen MR) is 99.3 cm³/mol. The molecule has 1 aliphatic carbocycles. The second-order valence-electron chi connectivity index (χ2n) is 6.71. The van der Waals surface area contributed by atoms with Crippen molar-refractivity contribution in [1.82, 2.24) is 0 Å². The zero-order valence-electron chi connectivity index (χ0n) is 15.7. The van der Waals surface area contributed by atoms with Crippen LogP contribution < -0.4 is 10.5 Å². The van der Waals surface area contributed by atoms with Crippen molar-refractivity contribution in [1.29, 1.82) is 5.26 Å². The van der Waals surface area contributed by atoms with Gasteiger partial charge in [0, 0.05) is 0 Å². The van der Waals surface area contributed by atoms with Crippen molar-refractivity contribution in [2.24, 2.45) is 5.73 Å². The second-order valence-corrected chi connectivity index (χ2v) is 6.71. The van der Waals surface area contributed by atoms with Gasteiger partial charge in [-0.15, -0.1) is 0 Å². The summed E-state index contributed by atoms with van der Waals surface area (Å²) in [5.41, 5.74) is 7.17. The maximum Gasteiger partial charge on any atom is 0.338 e. The first-order valence-corrected chi connectivity index (χ1v) is 9.27. The maximum atomic E-state index is 12.5. The number of hydrogen-bond donors (Lipinski definition) is 1. The normalized spacial score (nSPS) is 20.3. The minimum Gasteiger partial charge on any atom is -0.490 e. The summed E-state index contributed by atoms with van der Waals surface area (Å²) in [4.78, 5) is 12.5. The van der Waals surface area contributed by atoms with E-state index in [9.17, 15) is 10.1 Å². The molecule has 6 nitrogen and oxygen atoms in total. The molecule has 0 aromatic heterocycles. The summed E-state index contributed by atoms with van der Waals surface area (Å²) in [5, 5.41) is 9.59. The van der Waals surface area contributed by atoms with Crippen LogP contribution in [0.2, 0.25) is 0 Å². The van der Waals surface area contributed by atoms with Crippen LogP contribution in [-0.2, 0) is 14.3 Å². The molecule has 1 aliphatic heterocycles. The summed E-state index contributed by atoms with van der Waals surface area (Å²) in [6, 6.07) is 9.53. The van der Waals surface area contributed by atoms with E-state index in [0.717, 1.165) is 24.2 Å². The third kappa shape index (κ3) is 3.92. The number of hydrogen-bond acceptors (Lipinski definition) is 6. The van der Waals surface area contributed by atoms with Crippen LogP contribution in [0, 0.1) is 11.3 Å². The Bertz CT molecular complexity index is 812. The molecule has 2 N–H and O–H groups in total. The average Bonchev–Trinajstić information content (AvgIpc) is 3.15. The third-order valence-electron chi connectivity index (χ3n) is 4.92. The predicted octanol–water partition coefficient (Wildman–Crippen LogP) is 3.65. The highest BCUT2D eigenvalue weighted by Gasteiger charge is 2.36. The zero-order chi connectivity index (χ0) is 19.4. The number of allylic oxidation sites excluding steroid dienone is 2. The van der Waals surface area contributed by atoms with Crippen molar-refractivity contribution in [3.63, 3.8) is 0 Å². The molecular formula is C21H24N2O4. The molecule has 1 atom stereocenters. The lowest BCUT2D eigenvalue weighted by Gasteiger charge is -2.27. The number of carbonyl (C=O) groups excluding carboxylic acids is 1. The lowest BCUT2D eigenvalue weighted by atomic mass is 9.83. The molecule has 1 aromatic rings. The van der Waals surface area contributed by atoms with Crippen LogP contribution in [0.5, 0.6) is 5.75 Å². The van der Waals surface area contributed by atoms with Crippen LogP contribution in [0.3, 0.4) is 0 Å². The minimum atomic E-state index is -0.622. The van der Waals surface area contributed by atoms with E-state index in [0.29, 0.717) is 11.3 Å². The monoisotopic (exact) mass is 368 g/mol. The standard InChI is InChI=1S/C21H24N2O4/c1-3-25-21(24)18-13(2)26-20(23)17(12-22)19(18)14-8-10-16(11-9-14)27-15-6-4-5-7-15/h8-11,15,19H,3-7,23H2,1-2H3. The number of nitrogens with zero attached hydrogens (tertiary/aromatic N) is 1. The van der Waals surface area contributed by atoms with E-state index in [2.05, 4.69) is 6.07 Å². The number of esters is 1. The zero-order valence-corrected chi connectivity index (χ0v) is 15.7. The Morgan fingerprint density at radius 1 is 1.30 bits per heavy atom. The number of ether oxygens (including phenoxy) is 3. The molecule has 1 saturated carbocycles. The highest BCUT2D eigenvalue weighted by atomic mass is 16.5. The Labute approximate surface area is 159 Å². The second kappa shape index (κ2) is 8.17. The molecule has 1 heterocycles. The van der Waals surface area contributed by atoms with Gasteiger partial charge in [0.2, 0.25) is 5.88 Å². The van der Waals surface area contributed by atoms with Gasteiger partial charge in [0.1, 0.15) is 23.2 Å². The number of nitriles is 1. The summed E-state index contributed by atoms with van der Waals surface area (Å²) < 4.78 is 16.6. The van der Waals surface area contributed by atoms with E-state index in [1.54, 1.807) is 13.8 Å². The molecule has 0 saturated heterocycles. The van der Waals surface area contributed by atoms with E-state index in [1.165, 1.54) is 12.8 Å². The first kappa shape index (κ1) is 18.8. The molecule has 27 heavy (non-hydrogen) atoms. The van der Waals surface area contributed by atoms with Crippen LogP contribution in [0.4, 0.5) is 0 Å². The fourth-order valence-corrected chi connectivity index (χ4v) is 3.63. The molecular weight excluding hydrogens is 344 g/mol. The fraction of sp³-hybridized carbons (Fsp3) is 0.429. The summed E-state index contributed by atoms with van der Waals surface area (Å²) in [6.45, 7) is 3.62. The number of rotatable bonds is 5. The van der Waals surface area contributed by atoms with Gasteiger partial charge in [-0.25, -0.2) is 4.79 Å². The Balaban J connectivity index is 1.92. The molecule has 0 bridgehead atoms. The van der Waals surface area contributed by atoms with Crippen LogP contribution >= 0.6 is 0 Å². The van der Waals surface area contributed by atoms with Crippen LogP contribution in [0.15, 0.2) is 47.1 Å². The van der Waals surface area contributed by atoms with E-state index in [1.807, 2.05) is 24.3 Å². The van der Waals surface area contributed by atoms with Gasteiger partial charge in [0.25, 0.3) is 0 Å². The molecule has 2 aliphatic rings. The topological polar surface area (TPSA) is 94.6 Å². The minimum absolute atomic E-state index is 0.0133. The number of benzene rings is 1. The molecule has 0 spiro atoms. The quantitative estimate of drug-likeness (QED) is 0.797. The summed E-state index contributed by atoms with van der Waals surface area (Å²) in [7, 11) is 0. The Morgan fingerprint density at radius 2 is 1.96 bits per heavy atom. The SMILES string of the molecule is CCOC(=O)C1=C(C)OC(N)=C(C#N)C1c1ccc(OC2CCCC2)cc1. The fourth-order valence-electron chi connectivity index (χ4n) is 3.63. The Morgan fingerprint density at radius 3 is 2.56 bits per heavy atom. The molecule has 3 rings (SSSR count).